The Morgan fingerprint density at radius 2 is 1.88 bits per heavy atom. The van der Waals surface area contributed by atoms with Gasteiger partial charge in [0, 0.05) is 11.6 Å². The average Bonchev–Trinajstić information content (AvgIpc) is 3.07. The SMILES string of the molecule is CC(C)c1ccc(-c2nncn2C2CC2)cc1. The molecular formula is C14H17N3. The second-order valence-electron chi connectivity index (χ2n) is 5.07. The highest BCUT2D eigenvalue weighted by molar-refractivity contribution is 5.56. The van der Waals surface area contributed by atoms with Gasteiger partial charge in [0.05, 0.1) is 0 Å². The minimum Gasteiger partial charge on any atom is -0.310 e. The highest BCUT2D eigenvalue weighted by Gasteiger charge is 2.26. The molecule has 3 rings (SSSR count). The lowest BCUT2D eigenvalue weighted by atomic mass is 10.0. The third-order valence-corrected chi connectivity index (χ3v) is 3.35. The molecule has 1 aromatic carbocycles. The van der Waals surface area contributed by atoms with E-state index in [0.717, 1.165) is 5.82 Å². The summed E-state index contributed by atoms with van der Waals surface area (Å²) in [7, 11) is 0. The van der Waals surface area contributed by atoms with Gasteiger partial charge >= 0.3 is 0 Å². The van der Waals surface area contributed by atoms with Crippen molar-refractivity contribution in [1.29, 1.82) is 0 Å². The van der Waals surface area contributed by atoms with E-state index in [1.54, 1.807) is 0 Å². The van der Waals surface area contributed by atoms with Gasteiger partial charge in [0.15, 0.2) is 5.82 Å². The van der Waals surface area contributed by atoms with Crippen molar-refractivity contribution in [2.75, 3.05) is 0 Å². The van der Waals surface area contributed by atoms with Crippen molar-refractivity contribution in [2.45, 2.75) is 38.6 Å². The summed E-state index contributed by atoms with van der Waals surface area (Å²) in [6.07, 6.45) is 4.37. The van der Waals surface area contributed by atoms with E-state index in [2.05, 4.69) is 52.9 Å². The Morgan fingerprint density at radius 3 is 2.47 bits per heavy atom. The molecule has 0 atom stereocenters. The first-order valence-corrected chi connectivity index (χ1v) is 6.25. The van der Waals surface area contributed by atoms with Crippen LogP contribution in [0.4, 0.5) is 0 Å². The third-order valence-electron chi connectivity index (χ3n) is 3.35. The molecule has 1 heterocycles. The van der Waals surface area contributed by atoms with Gasteiger partial charge in [0.1, 0.15) is 6.33 Å². The molecule has 1 aromatic heterocycles. The lowest BCUT2D eigenvalue weighted by Crippen LogP contribution is -1.96. The Labute approximate surface area is 101 Å². The Kier molecular flexibility index (Phi) is 2.46. The van der Waals surface area contributed by atoms with E-state index in [1.165, 1.54) is 24.0 Å². The maximum atomic E-state index is 4.24. The van der Waals surface area contributed by atoms with E-state index in [0.29, 0.717) is 12.0 Å². The van der Waals surface area contributed by atoms with Crippen LogP contribution < -0.4 is 0 Å². The first kappa shape index (κ1) is 10.5. The molecule has 0 spiro atoms. The molecule has 2 aromatic rings. The number of hydrogen-bond acceptors (Lipinski definition) is 2. The Balaban J connectivity index is 1.95. The number of benzene rings is 1. The van der Waals surface area contributed by atoms with Crippen molar-refractivity contribution in [3.63, 3.8) is 0 Å². The monoisotopic (exact) mass is 227 g/mol. The summed E-state index contributed by atoms with van der Waals surface area (Å²) in [6.45, 7) is 4.42. The van der Waals surface area contributed by atoms with Gasteiger partial charge in [-0.3, -0.25) is 0 Å². The summed E-state index contributed by atoms with van der Waals surface area (Å²) in [6, 6.07) is 9.30. The summed E-state index contributed by atoms with van der Waals surface area (Å²) in [5.74, 6) is 1.58. The number of nitrogens with zero attached hydrogens (tertiary/aromatic N) is 3. The van der Waals surface area contributed by atoms with Gasteiger partial charge in [0.25, 0.3) is 0 Å². The number of aromatic nitrogens is 3. The molecule has 0 N–H and O–H groups in total. The van der Waals surface area contributed by atoms with Crippen LogP contribution in [0.25, 0.3) is 11.4 Å². The quantitative estimate of drug-likeness (QED) is 0.804. The van der Waals surface area contributed by atoms with E-state index in [1.807, 2.05) is 6.33 Å². The maximum Gasteiger partial charge on any atom is 0.163 e. The molecule has 3 heteroatoms. The Morgan fingerprint density at radius 1 is 1.18 bits per heavy atom. The zero-order chi connectivity index (χ0) is 11.8. The van der Waals surface area contributed by atoms with Crippen LogP contribution in [-0.2, 0) is 0 Å². The highest BCUT2D eigenvalue weighted by atomic mass is 15.3. The van der Waals surface area contributed by atoms with Gasteiger partial charge in [-0.2, -0.15) is 0 Å². The fourth-order valence-corrected chi connectivity index (χ4v) is 2.09. The summed E-state index contributed by atoms with van der Waals surface area (Å²) in [5, 5.41) is 8.27. The topological polar surface area (TPSA) is 30.7 Å². The number of rotatable bonds is 3. The number of hydrogen-bond donors (Lipinski definition) is 0. The van der Waals surface area contributed by atoms with E-state index in [9.17, 15) is 0 Å². The van der Waals surface area contributed by atoms with Gasteiger partial charge < -0.3 is 4.57 Å². The Bertz CT molecular complexity index is 507. The molecule has 0 bridgehead atoms. The zero-order valence-electron chi connectivity index (χ0n) is 10.3. The first-order valence-electron chi connectivity index (χ1n) is 6.25. The van der Waals surface area contributed by atoms with Crippen molar-refractivity contribution in [3.05, 3.63) is 36.2 Å². The standard InChI is InChI=1S/C14H17N3/c1-10(2)11-3-5-12(6-4-11)14-16-15-9-17(14)13-7-8-13/h3-6,9-10,13H,7-8H2,1-2H3. The van der Waals surface area contributed by atoms with Gasteiger partial charge in [-0.05, 0) is 24.3 Å². The minimum absolute atomic E-state index is 0.574. The second kappa shape index (κ2) is 3.99. The third kappa shape index (κ3) is 1.97. The smallest absolute Gasteiger partial charge is 0.163 e. The van der Waals surface area contributed by atoms with E-state index < -0.39 is 0 Å². The van der Waals surface area contributed by atoms with Crippen LogP contribution in [0, 0.1) is 0 Å². The first-order chi connectivity index (χ1) is 8.25. The Hall–Kier alpha value is -1.64. The van der Waals surface area contributed by atoms with Crippen LogP contribution >= 0.6 is 0 Å². The predicted octanol–water partition coefficient (Wildman–Crippen LogP) is 3.40. The molecule has 0 aliphatic heterocycles. The molecule has 1 fully saturated rings. The molecule has 1 saturated carbocycles. The van der Waals surface area contributed by atoms with Crippen LogP contribution in [-0.4, -0.2) is 14.8 Å². The molecule has 0 unspecified atom stereocenters. The van der Waals surface area contributed by atoms with Crippen LogP contribution in [0.2, 0.25) is 0 Å². The van der Waals surface area contributed by atoms with Crippen molar-refractivity contribution in [2.24, 2.45) is 0 Å². The highest BCUT2D eigenvalue weighted by Crippen LogP contribution is 2.37. The molecular weight excluding hydrogens is 210 g/mol. The molecule has 0 radical (unpaired) electrons. The van der Waals surface area contributed by atoms with Crippen molar-refractivity contribution >= 4 is 0 Å². The molecule has 17 heavy (non-hydrogen) atoms. The van der Waals surface area contributed by atoms with Gasteiger partial charge in [-0.1, -0.05) is 38.1 Å². The van der Waals surface area contributed by atoms with Gasteiger partial charge in [-0.25, -0.2) is 0 Å². The second-order valence-corrected chi connectivity index (χ2v) is 5.07. The van der Waals surface area contributed by atoms with E-state index in [4.69, 9.17) is 0 Å². The van der Waals surface area contributed by atoms with Crippen molar-refractivity contribution in [3.8, 4) is 11.4 Å². The molecule has 3 nitrogen and oxygen atoms in total. The largest absolute Gasteiger partial charge is 0.310 e. The predicted molar refractivity (Wildman–Crippen MR) is 67.8 cm³/mol. The van der Waals surface area contributed by atoms with Crippen LogP contribution in [0.5, 0.6) is 0 Å². The summed E-state index contributed by atoms with van der Waals surface area (Å²) in [4.78, 5) is 0. The summed E-state index contributed by atoms with van der Waals surface area (Å²) in [5.41, 5.74) is 2.53. The fraction of sp³-hybridized carbons (Fsp3) is 0.429. The minimum atomic E-state index is 0.574. The van der Waals surface area contributed by atoms with E-state index in [-0.39, 0.29) is 0 Å². The van der Waals surface area contributed by atoms with Gasteiger partial charge in [-0.15, -0.1) is 10.2 Å². The normalized spacial score (nSPS) is 15.5. The van der Waals surface area contributed by atoms with Crippen molar-refractivity contribution in [1.82, 2.24) is 14.8 Å². The van der Waals surface area contributed by atoms with E-state index >= 15 is 0 Å². The van der Waals surface area contributed by atoms with Crippen molar-refractivity contribution < 1.29 is 0 Å². The molecule has 0 saturated heterocycles. The van der Waals surface area contributed by atoms with Gasteiger partial charge in [0.2, 0.25) is 0 Å². The average molecular weight is 227 g/mol. The summed E-state index contributed by atoms with van der Waals surface area (Å²) >= 11 is 0. The molecule has 1 aliphatic rings. The lowest BCUT2D eigenvalue weighted by Gasteiger charge is -2.07. The molecule has 88 valence electrons. The molecule has 0 amide bonds. The van der Waals surface area contributed by atoms with Crippen LogP contribution in [0.1, 0.15) is 44.2 Å². The van der Waals surface area contributed by atoms with Crippen LogP contribution in [0.15, 0.2) is 30.6 Å². The fourth-order valence-electron chi connectivity index (χ4n) is 2.09. The lowest BCUT2D eigenvalue weighted by molar-refractivity contribution is 0.746. The maximum absolute atomic E-state index is 4.24. The summed E-state index contributed by atoms with van der Waals surface area (Å²) < 4.78 is 2.20. The van der Waals surface area contributed by atoms with Crippen LogP contribution in [0.3, 0.4) is 0 Å². The molecule has 1 aliphatic carbocycles. The zero-order valence-corrected chi connectivity index (χ0v) is 10.3.